The van der Waals surface area contributed by atoms with Crippen LogP contribution >= 0.6 is 0 Å². The maximum atomic E-state index is 5.44. The molecule has 4 aromatic carbocycles. The third kappa shape index (κ3) is 5.73. The van der Waals surface area contributed by atoms with E-state index < -0.39 is 0 Å². The zero-order chi connectivity index (χ0) is 29.1. The van der Waals surface area contributed by atoms with Crippen LogP contribution < -0.4 is 5.32 Å². The number of fused-ring (bicyclic) bond motifs is 1. The van der Waals surface area contributed by atoms with Gasteiger partial charge in [0.25, 0.3) is 0 Å². The summed E-state index contributed by atoms with van der Waals surface area (Å²) in [6.45, 7) is 9.20. The van der Waals surface area contributed by atoms with Gasteiger partial charge in [0.1, 0.15) is 0 Å². The Labute approximate surface area is 252 Å². The number of aromatic nitrogens is 1. The first-order valence-electron chi connectivity index (χ1n) is 15.9. The molecule has 6 rings (SSSR count). The largest absolute Gasteiger partial charge is 0.372 e. The van der Waals surface area contributed by atoms with Gasteiger partial charge in [-0.25, -0.2) is 0 Å². The smallest absolute Gasteiger partial charge is 0.0943 e. The van der Waals surface area contributed by atoms with Crippen LogP contribution in [0.2, 0.25) is 0 Å². The molecule has 2 heteroatoms. The van der Waals surface area contributed by atoms with Gasteiger partial charge >= 0.3 is 0 Å². The summed E-state index contributed by atoms with van der Waals surface area (Å²) in [5.74, 6) is 1.43. The Morgan fingerprint density at radius 2 is 1.24 bits per heavy atom. The van der Waals surface area contributed by atoms with Gasteiger partial charge in [-0.2, -0.15) is 0 Å². The van der Waals surface area contributed by atoms with E-state index in [0.717, 1.165) is 11.4 Å². The summed E-state index contributed by atoms with van der Waals surface area (Å²) in [7, 11) is 0. The molecule has 1 N–H and O–H groups in total. The Bertz CT molecular complexity index is 1630. The summed E-state index contributed by atoms with van der Waals surface area (Å²) in [5.41, 5.74) is 10.1. The zero-order valence-electron chi connectivity index (χ0n) is 25.6. The van der Waals surface area contributed by atoms with Crippen molar-refractivity contribution in [3.05, 3.63) is 131 Å². The Kier molecular flexibility index (Phi) is 8.42. The summed E-state index contributed by atoms with van der Waals surface area (Å²) < 4.78 is 0. The van der Waals surface area contributed by atoms with Gasteiger partial charge in [0, 0.05) is 11.3 Å². The topological polar surface area (TPSA) is 24.9 Å². The van der Waals surface area contributed by atoms with Crippen molar-refractivity contribution in [3.63, 3.8) is 0 Å². The molecule has 1 atom stereocenters. The minimum Gasteiger partial charge on any atom is -0.372 e. The van der Waals surface area contributed by atoms with Crippen LogP contribution in [-0.4, -0.2) is 4.98 Å². The van der Waals surface area contributed by atoms with E-state index in [1.165, 1.54) is 76.4 Å². The average Bonchev–Trinajstić information content (AvgIpc) is 3.03. The lowest BCUT2D eigenvalue weighted by Gasteiger charge is -2.31. The number of para-hydroxylation sites is 1. The standard InChI is InChI=1S/C40H44N2/c1-27(2)31-22-13-23-32(28(3)4)39(31)42-40(36-21-11-10-20-34(36)29-15-6-5-7-16-29)38-26-14-25-37(41-38)35-24-12-18-30-17-8-9-19-33(30)35/h8-14,17-29,40,42H,5-7,15-16H2,1-4H3. The van der Waals surface area contributed by atoms with Gasteiger partial charge in [0.2, 0.25) is 0 Å². The Morgan fingerprint density at radius 3 is 2.00 bits per heavy atom. The van der Waals surface area contributed by atoms with E-state index in [2.05, 4.69) is 136 Å². The van der Waals surface area contributed by atoms with E-state index in [1.54, 1.807) is 0 Å². The third-order valence-corrected chi connectivity index (χ3v) is 9.15. The van der Waals surface area contributed by atoms with Crippen LogP contribution in [0, 0.1) is 0 Å². The molecule has 0 bridgehead atoms. The second-order valence-corrected chi connectivity index (χ2v) is 12.6. The van der Waals surface area contributed by atoms with Crippen molar-refractivity contribution in [2.24, 2.45) is 0 Å². The first-order chi connectivity index (χ1) is 20.5. The Morgan fingerprint density at radius 1 is 0.619 bits per heavy atom. The van der Waals surface area contributed by atoms with E-state index in [4.69, 9.17) is 4.98 Å². The molecule has 1 unspecified atom stereocenters. The Hall–Kier alpha value is -3.91. The monoisotopic (exact) mass is 552 g/mol. The first-order valence-corrected chi connectivity index (χ1v) is 15.9. The van der Waals surface area contributed by atoms with Crippen LogP contribution in [0.3, 0.4) is 0 Å². The van der Waals surface area contributed by atoms with Gasteiger partial charge in [-0.15, -0.1) is 0 Å². The Balaban J connectivity index is 1.53. The summed E-state index contributed by atoms with van der Waals surface area (Å²) in [6.07, 6.45) is 6.54. The number of pyridine rings is 1. The number of benzene rings is 4. The van der Waals surface area contributed by atoms with Crippen molar-refractivity contribution < 1.29 is 0 Å². The SMILES string of the molecule is CC(C)c1cccc(C(C)C)c1NC(c1cccc(-c2cccc3ccccc23)n1)c1ccccc1C1CCCCC1. The highest BCUT2D eigenvalue weighted by molar-refractivity contribution is 5.95. The molecule has 0 radical (unpaired) electrons. The van der Waals surface area contributed by atoms with Crippen LogP contribution in [0.5, 0.6) is 0 Å². The van der Waals surface area contributed by atoms with Crippen LogP contribution in [0.1, 0.15) is 112 Å². The highest BCUT2D eigenvalue weighted by Crippen LogP contribution is 2.41. The van der Waals surface area contributed by atoms with Gasteiger partial charge in [-0.05, 0) is 75.8 Å². The molecule has 1 heterocycles. The van der Waals surface area contributed by atoms with Gasteiger partial charge in [0.05, 0.1) is 17.4 Å². The third-order valence-electron chi connectivity index (χ3n) is 9.15. The van der Waals surface area contributed by atoms with Crippen LogP contribution in [0.4, 0.5) is 5.69 Å². The highest BCUT2D eigenvalue weighted by Gasteiger charge is 2.26. The van der Waals surface area contributed by atoms with E-state index >= 15 is 0 Å². The number of hydrogen-bond donors (Lipinski definition) is 1. The van der Waals surface area contributed by atoms with Gasteiger partial charge in [-0.3, -0.25) is 4.98 Å². The molecule has 0 saturated heterocycles. The molecule has 1 fully saturated rings. The summed E-state index contributed by atoms with van der Waals surface area (Å²) in [6, 6.07) is 37.7. The van der Waals surface area contributed by atoms with Crippen molar-refractivity contribution >= 4 is 16.5 Å². The summed E-state index contributed by atoms with van der Waals surface area (Å²) in [5, 5.41) is 6.63. The number of hydrogen-bond acceptors (Lipinski definition) is 2. The van der Waals surface area contributed by atoms with E-state index in [0.29, 0.717) is 17.8 Å². The molecule has 214 valence electrons. The lowest BCUT2D eigenvalue weighted by molar-refractivity contribution is 0.441. The maximum absolute atomic E-state index is 5.44. The second kappa shape index (κ2) is 12.5. The molecule has 1 aliphatic carbocycles. The minimum absolute atomic E-state index is 0.0598. The molecule has 1 aliphatic rings. The van der Waals surface area contributed by atoms with E-state index in [9.17, 15) is 0 Å². The number of nitrogens with one attached hydrogen (secondary N) is 1. The lowest BCUT2D eigenvalue weighted by atomic mass is 9.80. The highest BCUT2D eigenvalue weighted by atomic mass is 15.0. The van der Waals surface area contributed by atoms with Crippen molar-refractivity contribution in [3.8, 4) is 11.3 Å². The molecular formula is C40H44N2. The van der Waals surface area contributed by atoms with Crippen LogP contribution in [0.15, 0.2) is 103 Å². The molecule has 5 aromatic rings. The quantitative estimate of drug-likeness (QED) is 0.207. The number of rotatable bonds is 8. The molecule has 0 aliphatic heterocycles. The van der Waals surface area contributed by atoms with Gasteiger partial charge in [0.15, 0.2) is 0 Å². The molecule has 1 saturated carbocycles. The number of nitrogens with zero attached hydrogens (tertiary/aromatic N) is 1. The van der Waals surface area contributed by atoms with Crippen molar-refractivity contribution in [1.82, 2.24) is 4.98 Å². The van der Waals surface area contributed by atoms with Gasteiger partial charge < -0.3 is 5.32 Å². The van der Waals surface area contributed by atoms with E-state index in [1.807, 2.05) is 0 Å². The van der Waals surface area contributed by atoms with Crippen molar-refractivity contribution in [2.75, 3.05) is 5.32 Å². The molecule has 2 nitrogen and oxygen atoms in total. The molecule has 0 amide bonds. The second-order valence-electron chi connectivity index (χ2n) is 12.6. The van der Waals surface area contributed by atoms with Crippen molar-refractivity contribution in [2.45, 2.75) is 83.6 Å². The number of anilines is 1. The first kappa shape index (κ1) is 28.2. The fraction of sp³-hybridized carbons (Fsp3) is 0.325. The molecular weight excluding hydrogens is 508 g/mol. The zero-order valence-corrected chi connectivity index (χ0v) is 25.6. The molecule has 0 spiro atoms. The maximum Gasteiger partial charge on any atom is 0.0943 e. The van der Waals surface area contributed by atoms with Crippen LogP contribution in [-0.2, 0) is 0 Å². The summed E-state index contributed by atoms with van der Waals surface area (Å²) in [4.78, 5) is 5.44. The fourth-order valence-corrected chi connectivity index (χ4v) is 6.94. The lowest BCUT2D eigenvalue weighted by Crippen LogP contribution is -2.20. The summed E-state index contributed by atoms with van der Waals surface area (Å²) >= 11 is 0. The molecule has 42 heavy (non-hydrogen) atoms. The van der Waals surface area contributed by atoms with Gasteiger partial charge in [-0.1, -0.05) is 138 Å². The predicted molar refractivity (Wildman–Crippen MR) is 180 cm³/mol. The van der Waals surface area contributed by atoms with E-state index in [-0.39, 0.29) is 6.04 Å². The minimum atomic E-state index is -0.0598. The van der Waals surface area contributed by atoms with Crippen molar-refractivity contribution in [1.29, 1.82) is 0 Å². The average molecular weight is 553 g/mol. The molecule has 1 aromatic heterocycles. The van der Waals surface area contributed by atoms with Crippen LogP contribution in [0.25, 0.3) is 22.0 Å². The normalized spacial score (nSPS) is 14.9. The fourth-order valence-electron chi connectivity index (χ4n) is 6.94. The predicted octanol–water partition coefficient (Wildman–Crippen LogP) is 11.4.